The summed E-state index contributed by atoms with van der Waals surface area (Å²) in [6.07, 6.45) is 1.76. The van der Waals surface area contributed by atoms with Gasteiger partial charge >= 0.3 is 11.9 Å². The second-order valence-corrected chi connectivity index (χ2v) is 2.64. The van der Waals surface area contributed by atoms with Gasteiger partial charge in [-0.25, -0.2) is 14.6 Å². The summed E-state index contributed by atoms with van der Waals surface area (Å²) < 4.78 is 8.79. The Morgan fingerprint density at radius 2 is 2.00 bits per heavy atom. The molecule has 0 aromatic rings. The number of aliphatic imine (C=N–C) groups is 2. The smallest absolute Gasteiger partial charge is 0.357 e. The van der Waals surface area contributed by atoms with Gasteiger partial charge in [0, 0.05) is 6.54 Å². The number of nitrogens with zero attached hydrogens (tertiary/aromatic N) is 2. The second-order valence-electron chi connectivity index (χ2n) is 2.64. The van der Waals surface area contributed by atoms with Gasteiger partial charge in [0.2, 0.25) is 0 Å². The number of rotatable bonds is 5. The summed E-state index contributed by atoms with van der Waals surface area (Å²) in [6.45, 7) is 2.49. The van der Waals surface area contributed by atoms with Gasteiger partial charge in [0.05, 0.1) is 26.3 Å². The van der Waals surface area contributed by atoms with Crippen molar-refractivity contribution in [3.05, 3.63) is 11.8 Å². The molecule has 6 nitrogen and oxygen atoms in total. The van der Waals surface area contributed by atoms with Crippen molar-refractivity contribution in [1.82, 2.24) is 0 Å². The summed E-state index contributed by atoms with van der Waals surface area (Å²) in [5.74, 6) is -1.44. The van der Waals surface area contributed by atoms with Crippen molar-refractivity contribution in [3.63, 3.8) is 0 Å². The minimum absolute atomic E-state index is 0.200. The van der Waals surface area contributed by atoms with E-state index in [-0.39, 0.29) is 5.70 Å². The lowest BCUT2D eigenvalue weighted by atomic mass is 10.4. The summed E-state index contributed by atoms with van der Waals surface area (Å²) >= 11 is 0. The molecule has 0 N–H and O–H groups in total. The second kappa shape index (κ2) is 8.38. The summed E-state index contributed by atoms with van der Waals surface area (Å²) in [7, 11) is 2.38. The van der Waals surface area contributed by atoms with Crippen LogP contribution in [0, 0.1) is 0 Å². The van der Waals surface area contributed by atoms with Gasteiger partial charge in [-0.15, -0.1) is 0 Å². The van der Waals surface area contributed by atoms with Gasteiger partial charge in [-0.3, -0.25) is 0 Å². The van der Waals surface area contributed by atoms with Crippen LogP contribution in [0.5, 0.6) is 0 Å². The van der Waals surface area contributed by atoms with Crippen LogP contribution < -0.4 is 0 Å². The highest BCUT2D eigenvalue weighted by atomic mass is 16.5. The van der Waals surface area contributed by atoms with Gasteiger partial charge in [0.15, 0.2) is 5.70 Å². The Morgan fingerprint density at radius 1 is 1.31 bits per heavy atom. The molecule has 0 rings (SSSR count). The molecule has 0 saturated carbocycles. The Labute approximate surface area is 93.7 Å². The molecule has 0 aliphatic heterocycles. The highest BCUT2D eigenvalue weighted by Crippen LogP contribution is 1.99. The molecule has 0 aliphatic rings. The van der Waals surface area contributed by atoms with Crippen LogP contribution in [0.25, 0.3) is 0 Å². The van der Waals surface area contributed by atoms with Crippen molar-refractivity contribution in [1.29, 1.82) is 0 Å². The SMILES string of the molecule is CCCN=C=N/C(=C\C(=O)OC)C(=O)OC. The fourth-order valence-electron chi connectivity index (χ4n) is 0.663. The standard InChI is InChI=1S/C10H14N2O4/c1-4-5-11-7-12-8(10(14)16-3)6-9(13)15-2/h6H,4-5H2,1-3H3/b8-6-. The molecule has 0 aromatic carbocycles. The van der Waals surface area contributed by atoms with Crippen LogP contribution in [0.2, 0.25) is 0 Å². The number of methoxy groups -OCH3 is 2. The first-order chi connectivity index (χ1) is 7.65. The first-order valence-electron chi connectivity index (χ1n) is 4.65. The Hall–Kier alpha value is -1.94. The zero-order valence-corrected chi connectivity index (χ0v) is 9.52. The normalized spacial score (nSPS) is 10.1. The molecule has 0 saturated heterocycles. The molecule has 0 fully saturated rings. The Balaban J connectivity index is 4.82. The number of hydrogen-bond acceptors (Lipinski definition) is 6. The molecule has 0 bridgehead atoms. The van der Waals surface area contributed by atoms with Gasteiger partial charge in [0.25, 0.3) is 0 Å². The van der Waals surface area contributed by atoms with Crippen molar-refractivity contribution >= 4 is 17.9 Å². The first-order valence-corrected chi connectivity index (χ1v) is 4.65. The molecule has 0 atom stereocenters. The van der Waals surface area contributed by atoms with E-state index in [9.17, 15) is 9.59 Å². The molecule has 16 heavy (non-hydrogen) atoms. The van der Waals surface area contributed by atoms with E-state index in [1.807, 2.05) is 6.92 Å². The number of esters is 2. The predicted octanol–water partition coefficient (Wildman–Crippen LogP) is 0.800. The molecule has 88 valence electrons. The van der Waals surface area contributed by atoms with Crippen molar-refractivity contribution in [2.75, 3.05) is 20.8 Å². The molecule has 6 heteroatoms. The average molecular weight is 226 g/mol. The molecular formula is C10H14N2O4. The fraction of sp³-hybridized carbons (Fsp3) is 0.500. The van der Waals surface area contributed by atoms with Gasteiger partial charge < -0.3 is 9.47 Å². The van der Waals surface area contributed by atoms with Gasteiger partial charge in [-0.2, -0.15) is 4.99 Å². The van der Waals surface area contributed by atoms with Crippen LogP contribution in [0.15, 0.2) is 21.8 Å². The third-order valence-corrected chi connectivity index (χ3v) is 1.43. The third kappa shape index (κ3) is 5.72. The third-order valence-electron chi connectivity index (χ3n) is 1.43. The molecule has 0 heterocycles. The van der Waals surface area contributed by atoms with E-state index in [4.69, 9.17) is 0 Å². The van der Waals surface area contributed by atoms with E-state index in [1.165, 1.54) is 14.2 Å². The Bertz CT molecular complexity index is 341. The zero-order valence-electron chi connectivity index (χ0n) is 9.52. The largest absolute Gasteiger partial charge is 0.466 e. The lowest BCUT2D eigenvalue weighted by Gasteiger charge is -1.96. The monoisotopic (exact) mass is 226 g/mol. The van der Waals surface area contributed by atoms with E-state index < -0.39 is 11.9 Å². The Morgan fingerprint density at radius 3 is 2.50 bits per heavy atom. The number of carbonyl (C=O) groups is 2. The van der Waals surface area contributed by atoms with Crippen LogP contribution in [-0.2, 0) is 19.1 Å². The highest BCUT2D eigenvalue weighted by Gasteiger charge is 2.10. The summed E-state index contributed by atoms with van der Waals surface area (Å²) in [6, 6.07) is 2.30. The minimum atomic E-state index is -0.746. The summed E-state index contributed by atoms with van der Waals surface area (Å²) in [5.41, 5.74) is -0.200. The van der Waals surface area contributed by atoms with Crippen LogP contribution in [0.1, 0.15) is 13.3 Å². The van der Waals surface area contributed by atoms with Crippen LogP contribution in [0.3, 0.4) is 0 Å². The van der Waals surface area contributed by atoms with Gasteiger partial charge in [-0.05, 0) is 6.42 Å². The van der Waals surface area contributed by atoms with E-state index in [0.717, 1.165) is 12.5 Å². The average Bonchev–Trinajstić information content (AvgIpc) is 2.31. The van der Waals surface area contributed by atoms with Crippen LogP contribution in [0.4, 0.5) is 0 Å². The van der Waals surface area contributed by atoms with E-state index in [0.29, 0.717) is 6.54 Å². The predicted molar refractivity (Wildman–Crippen MR) is 57.1 cm³/mol. The number of carbonyl (C=O) groups excluding carboxylic acids is 2. The highest BCUT2D eigenvalue weighted by molar-refractivity contribution is 5.96. The van der Waals surface area contributed by atoms with E-state index in [1.54, 1.807) is 0 Å². The van der Waals surface area contributed by atoms with E-state index >= 15 is 0 Å². The van der Waals surface area contributed by atoms with Crippen molar-refractivity contribution in [2.45, 2.75) is 13.3 Å². The van der Waals surface area contributed by atoms with Crippen LogP contribution in [-0.4, -0.2) is 38.7 Å². The number of hydrogen-bond donors (Lipinski definition) is 0. The molecule has 0 aliphatic carbocycles. The van der Waals surface area contributed by atoms with Gasteiger partial charge in [-0.1, -0.05) is 6.92 Å². The van der Waals surface area contributed by atoms with Crippen molar-refractivity contribution < 1.29 is 19.1 Å². The van der Waals surface area contributed by atoms with Crippen molar-refractivity contribution in [2.24, 2.45) is 9.98 Å². The minimum Gasteiger partial charge on any atom is -0.466 e. The fourth-order valence-corrected chi connectivity index (χ4v) is 0.663. The molecule has 0 radical (unpaired) electrons. The van der Waals surface area contributed by atoms with Gasteiger partial charge in [0.1, 0.15) is 0 Å². The van der Waals surface area contributed by atoms with Crippen LogP contribution >= 0.6 is 0 Å². The molecular weight excluding hydrogens is 212 g/mol. The quantitative estimate of drug-likeness (QED) is 0.394. The summed E-state index contributed by atoms with van der Waals surface area (Å²) in [5, 5.41) is 0. The maximum Gasteiger partial charge on any atom is 0.357 e. The molecule has 0 spiro atoms. The molecule has 0 unspecified atom stereocenters. The summed E-state index contributed by atoms with van der Waals surface area (Å²) in [4.78, 5) is 29.4. The molecule has 0 amide bonds. The zero-order chi connectivity index (χ0) is 12.4. The maximum atomic E-state index is 11.2. The lowest BCUT2D eigenvalue weighted by molar-refractivity contribution is -0.138. The molecule has 0 aromatic heterocycles. The van der Waals surface area contributed by atoms with Crippen molar-refractivity contribution in [3.8, 4) is 0 Å². The van der Waals surface area contributed by atoms with E-state index in [2.05, 4.69) is 25.5 Å². The number of ether oxygens (including phenoxy) is 2. The topological polar surface area (TPSA) is 77.3 Å². The Kier molecular flexibility index (Phi) is 7.36. The maximum absolute atomic E-state index is 11.2. The first kappa shape index (κ1) is 14.1. The lowest BCUT2D eigenvalue weighted by Crippen LogP contribution is -2.06.